The molecule has 3 saturated heterocycles. The van der Waals surface area contributed by atoms with E-state index in [1.54, 1.807) is 4.90 Å². The summed E-state index contributed by atoms with van der Waals surface area (Å²) >= 11 is 1.04. The third-order valence-corrected chi connectivity index (χ3v) is 12.4. The largest absolute Gasteiger partial charge is 0.399 e. The number of hydrogen-bond donors (Lipinski definition) is 3. The van der Waals surface area contributed by atoms with Crippen LogP contribution in [0.4, 0.5) is 8.78 Å². The number of halogens is 2. The predicted molar refractivity (Wildman–Crippen MR) is 169 cm³/mol. The number of carbonyl (C=O) groups is 3. The molecule has 4 heterocycles. The summed E-state index contributed by atoms with van der Waals surface area (Å²) in [5, 5.41) is 3.10. The van der Waals surface area contributed by atoms with Crippen LogP contribution in [0.2, 0.25) is 0 Å². The molecule has 0 bridgehead atoms. The first-order valence-corrected chi connectivity index (χ1v) is 18.3. The SMILES string of the molecule is O=C(N[C@H]1CCCC[C@H]2CC[C@@H](C(=O)N3C[C@H](c4ccccc4)CC34CC4)N2C1=O)c1cc2cc(C(F)(F)P(=O)(O)O)ccc2s1. The number of thiophene rings is 1. The first-order chi connectivity index (χ1) is 21.9. The molecular formula is C33H36F2N3O6PS. The summed E-state index contributed by atoms with van der Waals surface area (Å²) in [6.45, 7) is 0.639. The van der Waals surface area contributed by atoms with E-state index in [9.17, 15) is 27.7 Å². The summed E-state index contributed by atoms with van der Waals surface area (Å²) in [5.41, 5.74) is -4.12. The van der Waals surface area contributed by atoms with E-state index in [1.807, 2.05) is 23.1 Å². The molecule has 4 aliphatic rings. The van der Waals surface area contributed by atoms with Gasteiger partial charge in [0.25, 0.3) is 5.91 Å². The first-order valence-electron chi connectivity index (χ1n) is 15.8. The molecule has 1 spiro atoms. The van der Waals surface area contributed by atoms with Crippen LogP contribution < -0.4 is 5.32 Å². The van der Waals surface area contributed by atoms with Crippen LogP contribution >= 0.6 is 18.9 Å². The molecule has 1 saturated carbocycles. The van der Waals surface area contributed by atoms with Crippen LogP contribution in [0.25, 0.3) is 10.1 Å². The van der Waals surface area contributed by atoms with Crippen LogP contribution in [0.15, 0.2) is 54.6 Å². The summed E-state index contributed by atoms with van der Waals surface area (Å²) in [6.07, 6.45) is 7.04. The molecule has 2 aromatic carbocycles. The van der Waals surface area contributed by atoms with Crippen LogP contribution in [0, 0.1) is 0 Å². The highest BCUT2D eigenvalue weighted by Gasteiger charge is 2.58. The number of likely N-dealkylation sites (tertiary alicyclic amines) is 1. The maximum atomic E-state index is 14.3. The molecule has 13 heteroatoms. The van der Waals surface area contributed by atoms with E-state index in [0.717, 1.165) is 68.4 Å². The molecule has 1 aromatic heterocycles. The number of fused-ring (bicyclic) bond motifs is 2. The van der Waals surface area contributed by atoms with Gasteiger partial charge in [0.15, 0.2) is 0 Å². The minimum Gasteiger partial charge on any atom is -0.340 e. The maximum absolute atomic E-state index is 14.3. The van der Waals surface area contributed by atoms with Gasteiger partial charge in [-0.15, -0.1) is 11.3 Å². The Kier molecular flexibility index (Phi) is 7.86. The summed E-state index contributed by atoms with van der Waals surface area (Å²) in [4.78, 5) is 64.0. The van der Waals surface area contributed by atoms with Crippen molar-refractivity contribution in [2.24, 2.45) is 0 Å². The lowest BCUT2D eigenvalue weighted by atomic mass is 9.96. The highest BCUT2D eigenvalue weighted by molar-refractivity contribution is 7.52. The normalized spacial score (nSPS) is 26.2. The molecule has 0 unspecified atom stereocenters. The quantitative estimate of drug-likeness (QED) is 0.288. The Balaban J connectivity index is 1.09. The van der Waals surface area contributed by atoms with Crippen molar-refractivity contribution >= 4 is 46.7 Å². The average Bonchev–Trinajstić information content (AvgIpc) is 3.34. The van der Waals surface area contributed by atoms with Gasteiger partial charge in [-0.2, -0.15) is 8.78 Å². The Bertz CT molecular complexity index is 1740. The molecule has 3 amide bonds. The third kappa shape index (κ3) is 5.47. The Morgan fingerprint density at radius 2 is 1.74 bits per heavy atom. The molecule has 3 aromatic rings. The fourth-order valence-corrected chi connectivity index (χ4v) is 9.19. The van der Waals surface area contributed by atoms with Gasteiger partial charge in [-0.05, 0) is 74.1 Å². The van der Waals surface area contributed by atoms with Crippen molar-refractivity contribution in [3.05, 3.63) is 70.6 Å². The lowest BCUT2D eigenvalue weighted by molar-refractivity contribution is -0.148. The molecule has 3 aliphatic heterocycles. The minimum absolute atomic E-state index is 0.00449. The van der Waals surface area contributed by atoms with Crippen molar-refractivity contribution in [3.63, 3.8) is 0 Å². The smallest absolute Gasteiger partial charge is 0.340 e. The molecule has 46 heavy (non-hydrogen) atoms. The van der Waals surface area contributed by atoms with Gasteiger partial charge in [-0.3, -0.25) is 18.9 Å². The fraction of sp³-hybridized carbons (Fsp3) is 0.485. The third-order valence-electron chi connectivity index (χ3n) is 10.3. The Hall–Kier alpha value is -3.18. The lowest BCUT2D eigenvalue weighted by Gasteiger charge is -2.37. The van der Waals surface area contributed by atoms with Crippen LogP contribution in [-0.2, 0) is 19.8 Å². The molecule has 0 radical (unpaired) electrons. The second-order valence-corrected chi connectivity index (χ2v) is 16.0. The van der Waals surface area contributed by atoms with Crippen molar-refractivity contribution in [3.8, 4) is 0 Å². The van der Waals surface area contributed by atoms with Gasteiger partial charge in [0.2, 0.25) is 11.8 Å². The summed E-state index contributed by atoms with van der Waals surface area (Å²) < 4.78 is 40.5. The second kappa shape index (κ2) is 11.5. The van der Waals surface area contributed by atoms with E-state index in [4.69, 9.17) is 9.79 Å². The monoisotopic (exact) mass is 671 g/mol. The Morgan fingerprint density at radius 3 is 2.46 bits per heavy atom. The molecule has 4 fully saturated rings. The Morgan fingerprint density at radius 1 is 1.00 bits per heavy atom. The second-order valence-electron chi connectivity index (χ2n) is 13.2. The molecule has 3 N–H and O–H groups in total. The van der Waals surface area contributed by atoms with Gasteiger partial charge in [-0.1, -0.05) is 49.2 Å². The Labute approximate surface area is 269 Å². The number of amides is 3. The molecule has 1 aliphatic carbocycles. The molecule has 7 rings (SSSR count). The minimum atomic E-state index is -5.75. The molecular weight excluding hydrogens is 635 g/mol. The van der Waals surface area contributed by atoms with Crippen molar-refractivity contribution in [1.29, 1.82) is 0 Å². The summed E-state index contributed by atoms with van der Waals surface area (Å²) in [5.74, 6) is -0.531. The lowest BCUT2D eigenvalue weighted by Crippen LogP contribution is -2.57. The van der Waals surface area contributed by atoms with Crippen LogP contribution in [-0.4, -0.2) is 67.5 Å². The van der Waals surface area contributed by atoms with Gasteiger partial charge in [0.05, 0.1) is 4.88 Å². The van der Waals surface area contributed by atoms with Crippen molar-refractivity contribution in [2.75, 3.05) is 6.54 Å². The number of hydrogen-bond acceptors (Lipinski definition) is 5. The van der Waals surface area contributed by atoms with Crippen LogP contribution in [0.1, 0.15) is 84.5 Å². The van der Waals surface area contributed by atoms with Gasteiger partial charge < -0.3 is 24.9 Å². The number of alkyl halides is 2. The van der Waals surface area contributed by atoms with E-state index < -0.39 is 36.8 Å². The fourth-order valence-electron chi connectivity index (χ4n) is 7.77. The van der Waals surface area contributed by atoms with Crippen molar-refractivity contribution in [1.82, 2.24) is 15.1 Å². The van der Waals surface area contributed by atoms with E-state index in [-0.39, 0.29) is 39.6 Å². The standard InChI is InChI=1S/C33H36F2N3O6PS/c34-33(35,45(42,43)44)23-10-13-27-21(16-23)17-28(46-27)29(39)36-25-9-5-4-8-24-11-12-26(38(24)30(25)40)31(41)37-19-22(18-32(37)14-15-32)20-6-2-1-3-7-20/h1-3,6-7,10,13,16-17,22,24-26H,4-5,8-9,11-12,14-15,18-19H2,(H,36,39)(H2,42,43,44)/t22-,24+,25+,26+/m1/s1. The number of benzene rings is 2. The van der Waals surface area contributed by atoms with Crippen LogP contribution in [0.5, 0.6) is 0 Å². The highest BCUT2D eigenvalue weighted by Crippen LogP contribution is 2.59. The first kappa shape index (κ1) is 31.4. The van der Waals surface area contributed by atoms with Gasteiger partial charge in [-0.25, -0.2) is 0 Å². The van der Waals surface area contributed by atoms with Crippen molar-refractivity contribution in [2.45, 2.75) is 93.0 Å². The van der Waals surface area contributed by atoms with Crippen molar-refractivity contribution < 1.29 is 37.5 Å². The highest BCUT2D eigenvalue weighted by atomic mass is 32.1. The topological polar surface area (TPSA) is 127 Å². The number of nitrogens with one attached hydrogen (secondary N) is 1. The van der Waals surface area contributed by atoms with Gasteiger partial charge >= 0.3 is 13.3 Å². The van der Waals surface area contributed by atoms with E-state index in [0.29, 0.717) is 24.1 Å². The number of rotatable bonds is 6. The number of carbonyl (C=O) groups excluding carboxylic acids is 3. The maximum Gasteiger partial charge on any atom is 0.399 e. The average molecular weight is 672 g/mol. The summed E-state index contributed by atoms with van der Waals surface area (Å²) in [7, 11) is -5.75. The zero-order valence-electron chi connectivity index (χ0n) is 25.1. The van der Waals surface area contributed by atoms with Gasteiger partial charge in [0, 0.05) is 34.3 Å². The summed E-state index contributed by atoms with van der Waals surface area (Å²) in [6, 6.07) is 13.4. The predicted octanol–water partition coefficient (Wildman–Crippen LogP) is 5.71. The zero-order valence-corrected chi connectivity index (χ0v) is 26.8. The van der Waals surface area contributed by atoms with Crippen LogP contribution in [0.3, 0.4) is 0 Å². The zero-order chi connectivity index (χ0) is 32.4. The van der Waals surface area contributed by atoms with E-state index in [2.05, 4.69) is 17.4 Å². The van der Waals surface area contributed by atoms with E-state index in [1.165, 1.54) is 17.7 Å². The number of nitrogens with zero attached hydrogens (tertiary/aromatic N) is 2. The molecule has 9 nitrogen and oxygen atoms in total. The molecule has 4 atom stereocenters. The molecule has 244 valence electrons. The van der Waals surface area contributed by atoms with Gasteiger partial charge in [0.1, 0.15) is 12.1 Å². The van der Waals surface area contributed by atoms with E-state index >= 15 is 0 Å².